The lowest BCUT2D eigenvalue weighted by molar-refractivity contribution is 0.0620. The first-order valence-corrected chi connectivity index (χ1v) is 7.21. The van der Waals surface area contributed by atoms with E-state index in [-0.39, 0.29) is 11.7 Å². The smallest absolute Gasteiger partial charge is 0.356 e. The van der Waals surface area contributed by atoms with Crippen molar-refractivity contribution in [2.24, 2.45) is 5.92 Å². The third kappa shape index (κ3) is 2.71. The second-order valence-corrected chi connectivity index (χ2v) is 5.43. The summed E-state index contributed by atoms with van der Waals surface area (Å²) in [5.41, 5.74) is 0.820. The van der Waals surface area contributed by atoms with E-state index in [1.54, 1.807) is 22.7 Å². The molecule has 1 fully saturated rings. The summed E-state index contributed by atoms with van der Waals surface area (Å²) in [5, 5.41) is 12.7. The van der Waals surface area contributed by atoms with Crippen LogP contribution in [0.15, 0.2) is 24.4 Å². The van der Waals surface area contributed by atoms with E-state index in [4.69, 9.17) is 4.74 Å². The summed E-state index contributed by atoms with van der Waals surface area (Å²) in [6.45, 7) is 3.62. The summed E-state index contributed by atoms with van der Waals surface area (Å²) >= 11 is 0. The number of aromatic nitrogens is 2. The molecule has 6 heteroatoms. The highest BCUT2D eigenvalue weighted by molar-refractivity contribution is 5.93. The number of imidazole rings is 1. The third-order valence-corrected chi connectivity index (χ3v) is 4.07. The van der Waals surface area contributed by atoms with Gasteiger partial charge in [-0.3, -0.25) is 4.40 Å². The molecule has 1 aliphatic heterocycles. The van der Waals surface area contributed by atoms with E-state index in [2.05, 4.69) is 17.2 Å². The van der Waals surface area contributed by atoms with Gasteiger partial charge in [0, 0.05) is 25.5 Å². The van der Waals surface area contributed by atoms with Gasteiger partial charge in [0.1, 0.15) is 5.65 Å². The highest BCUT2D eigenvalue weighted by Crippen LogP contribution is 2.24. The predicted octanol–water partition coefficient (Wildman–Crippen LogP) is 2.26. The SMILES string of the molecule is CC(Nc1nc2ccccn2c1C(=O)O)C1CCOCC1. The topological polar surface area (TPSA) is 75.9 Å². The normalized spacial score (nSPS) is 17.8. The molecule has 3 rings (SSSR count). The Morgan fingerprint density at radius 3 is 2.95 bits per heavy atom. The molecule has 1 saturated heterocycles. The van der Waals surface area contributed by atoms with Crippen LogP contribution in [-0.4, -0.2) is 39.7 Å². The molecular weight excluding hydrogens is 270 g/mol. The predicted molar refractivity (Wildman–Crippen MR) is 78.8 cm³/mol. The van der Waals surface area contributed by atoms with Crippen molar-refractivity contribution in [2.75, 3.05) is 18.5 Å². The Bertz CT molecular complexity index is 647. The van der Waals surface area contributed by atoms with Crippen LogP contribution < -0.4 is 5.32 Å². The number of carboxylic acid groups (broad SMARTS) is 1. The van der Waals surface area contributed by atoms with Crippen molar-refractivity contribution in [2.45, 2.75) is 25.8 Å². The van der Waals surface area contributed by atoms with Gasteiger partial charge in [0.15, 0.2) is 11.5 Å². The van der Waals surface area contributed by atoms with Gasteiger partial charge < -0.3 is 15.2 Å². The van der Waals surface area contributed by atoms with E-state index in [0.29, 0.717) is 17.4 Å². The number of nitrogens with one attached hydrogen (secondary N) is 1. The first-order valence-electron chi connectivity index (χ1n) is 7.21. The van der Waals surface area contributed by atoms with Crippen LogP contribution in [0.3, 0.4) is 0 Å². The monoisotopic (exact) mass is 289 g/mol. The van der Waals surface area contributed by atoms with Crippen LogP contribution in [0.1, 0.15) is 30.3 Å². The molecule has 0 radical (unpaired) electrons. The van der Waals surface area contributed by atoms with Gasteiger partial charge in [-0.15, -0.1) is 0 Å². The molecule has 6 nitrogen and oxygen atoms in total. The second-order valence-electron chi connectivity index (χ2n) is 5.43. The van der Waals surface area contributed by atoms with Gasteiger partial charge in [0.25, 0.3) is 0 Å². The molecule has 0 spiro atoms. The van der Waals surface area contributed by atoms with Crippen LogP contribution >= 0.6 is 0 Å². The summed E-state index contributed by atoms with van der Waals surface area (Å²) in [6, 6.07) is 5.61. The third-order valence-electron chi connectivity index (χ3n) is 4.07. The number of aromatic carboxylic acids is 1. The molecule has 1 atom stereocenters. The van der Waals surface area contributed by atoms with Crippen molar-refractivity contribution in [3.8, 4) is 0 Å². The zero-order chi connectivity index (χ0) is 14.8. The van der Waals surface area contributed by atoms with Crippen molar-refractivity contribution in [1.82, 2.24) is 9.38 Å². The van der Waals surface area contributed by atoms with E-state index >= 15 is 0 Å². The number of nitrogens with zero attached hydrogens (tertiary/aromatic N) is 2. The van der Waals surface area contributed by atoms with Crippen molar-refractivity contribution >= 4 is 17.4 Å². The molecule has 2 N–H and O–H groups in total. The van der Waals surface area contributed by atoms with Crippen molar-refractivity contribution in [3.05, 3.63) is 30.1 Å². The number of carboxylic acids is 1. The Labute approximate surface area is 122 Å². The average molecular weight is 289 g/mol. The van der Waals surface area contributed by atoms with Gasteiger partial charge in [0.2, 0.25) is 0 Å². The zero-order valence-electron chi connectivity index (χ0n) is 12.0. The molecule has 21 heavy (non-hydrogen) atoms. The molecule has 0 bridgehead atoms. The molecule has 2 aromatic rings. The number of anilines is 1. The van der Waals surface area contributed by atoms with Crippen LogP contribution in [0.5, 0.6) is 0 Å². The molecule has 0 saturated carbocycles. The fourth-order valence-electron chi connectivity index (χ4n) is 2.85. The van der Waals surface area contributed by atoms with E-state index in [9.17, 15) is 9.90 Å². The summed E-state index contributed by atoms with van der Waals surface area (Å²) in [7, 11) is 0. The van der Waals surface area contributed by atoms with Crippen molar-refractivity contribution in [1.29, 1.82) is 0 Å². The molecule has 0 aliphatic carbocycles. The molecular formula is C15H19N3O3. The number of ether oxygens (including phenoxy) is 1. The maximum Gasteiger partial charge on any atom is 0.356 e. The molecule has 2 aromatic heterocycles. The van der Waals surface area contributed by atoms with Gasteiger partial charge in [0.05, 0.1) is 0 Å². The lowest BCUT2D eigenvalue weighted by atomic mass is 9.93. The van der Waals surface area contributed by atoms with E-state index < -0.39 is 5.97 Å². The average Bonchev–Trinajstić information content (AvgIpc) is 2.86. The first kappa shape index (κ1) is 13.9. The van der Waals surface area contributed by atoms with E-state index in [1.807, 2.05) is 6.07 Å². The van der Waals surface area contributed by atoms with E-state index in [0.717, 1.165) is 26.1 Å². The number of fused-ring (bicyclic) bond motifs is 1. The lowest BCUT2D eigenvalue weighted by Gasteiger charge is -2.28. The van der Waals surface area contributed by atoms with Crippen LogP contribution in [0.2, 0.25) is 0 Å². The minimum absolute atomic E-state index is 0.164. The highest BCUT2D eigenvalue weighted by atomic mass is 16.5. The number of hydrogen-bond donors (Lipinski definition) is 2. The van der Waals surface area contributed by atoms with Gasteiger partial charge in [-0.2, -0.15) is 0 Å². The van der Waals surface area contributed by atoms with Crippen LogP contribution in [0.25, 0.3) is 5.65 Å². The lowest BCUT2D eigenvalue weighted by Crippen LogP contribution is -2.31. The number of rotatable bonds is 4. The maximum absolute atomic E-state index is 11.5. The molecule has 3 heterocycles. The summed E-state index contributed by atoms with van der Waals surface area (Å²) in [6.07, 6.45) is 3.70. The second kappa shape index (κ2) is 5.73. The minimum Gasteiger partial charge on any atom is -0.476 e. The van der Waals surface area contributed by atoms with Gasteiger partial charge in [-0.25, -0.2) is 9.78 Å². The number of carbonyl (C=O) groups is 1. The Balaban J connectivity index is 1.89. The number of pyridine rings is 1. The Morgan fingerprint density at radius 1 is 1.48 bits per heavy atom. The van der Waals surface area contributed by atoms with E-state index in [1.165, 1.54) is 0 Å². The van der Waals surface area contributed by atoms with Crippen molar-refractivity contribution < 1.29 is 14.6 Å². The quantitative estimate of drug-likeness (QED) is 0.903. The summed E-state index contributed by atoms with van der Waals surface area (Å²) in [4.78, 5) is 15.9. The molecule has 1 unspecified atom stereocenters. The van der Waals surface area contributed by atoms with Gasteiger partial charge >= 0.3 is 5.97 Å². The molecule has 0 amide bonds. The Morgan fingerprint density at radius 2 is 2.24 bits per heavy atom. The van der Waals surface area contributed by atoms with Crippen molar-refractivity contribution in [3.63, 3.8) is 0 Å². The summed E-state index contributed by atoms with van der Waals surface area (Å²) in [5.74, 6) is -0.0618. The largest absolute Gasteiger partial charge is 0.476 e. The van der Waals surface area contributed by atoms with Crippen LogP contribution in [-0.2, 0) is 4.74 Å². The van der Waals surface area contributed by atoms with Crippen LogP contribution in [0.4, 0.5) is 5.82 Å². The molecule has 112 valence electrons. The van der Waals surface area contributed by atoms with Crippen LogP contribution in [0, 0.1) is 5.92 Å². The Hall–Kier alpha value is -2.08. The minimum atomic E-state index is -0.977. The Kier molecular flexibility index (Phi) is 3.79. The van der Waals surface area contributed by atoms with Gasteiger partial charge in [-0.05, 0) is 37.8 Å². The highest BCUT2D eigenvalue weighted by Gasteiger charge is 2.24. The fourth-order valence-corrected chi connectivity index (χ4v) is 2.85. The maximum atomic E-state index is 11.5. The summed E-state index contributed by atoms with van der Waals surface area (Å²) < 4.78 is 6.97. The first-order chi connectivity index (χ1) is 10.2. The van der Waals surface area contributed by atoms with Gasteiger partial charge in [-0.1, -0.05) is 6.07 Å². The zero-order valence-corrected chi connectivity index (χ0v) is 12.0. The standard InChI is InChI=1S/C15H19N3O3/c1-10(11-5-8-21-9-6-11)16-14-13(15(19)20)18-7-3-2-4-12(18)17-14/h2-4,7,10-11,16H,5-6,8-9H2,1H3,(H,19,20). The number of hydrogen-bond acceptors (Lipinski definition) is 4. The fraction of sp³-hybridized carbons (Fsp3) is 0.467. The molecule has 0 aromatic carbocycles. The molecule has 1 aliphatic rings.